The third kappa shape index (κ3) is 5.23. The lowest BCUT2D eigenvalue weighted by molar-refractivity contribution is -0.138. The van der Waals surface area contributed by atoms with Gasteiger partial charge in [0.2, 0.25) is 0 Å². The molecule has 1 fully saturated rings. The number of piperidine rings is 1. The molecule has 1 aliphatic rings. The van der Waals surface area contributed by atoms with E-state index in [1.54, 1.807) is 4.90 Å². The van der Waals surface area contributed by atoms with Crippen molar-refractivity contribution < 1.29 is 19.4 Å². The van der Waals surface area contributed by atoms with Crippen LogP contribution in [0.3, 0.4) is 0 Å². The molecule has 1 heterocycles. The van der Waals surface area contributed by atoms with Gasteiger partial charge < -0.3 is 14.7 Å². The Balaban J connectivity index is 1.89. The number of rotatable bonds is 6. The predicted molar refractivity (Wildman–Crippen MR) is 90.7 cm³/mol. The molecule has 0 aliphatic carbocycles. The maximum absolute atomic E-state index is 12.5. The number of hydrogen-bond acceptors (Lipinski definition) is 4. The van der Waals surface area contributed by atoms with Crippen molar-refractivity contribution in [2.75, 3.05) is 19.6 Å². The number of carboxylic acids is 1. The lowest BCUT2D eigenvalue weighted by Gasteiger charge is -2.39. The molecule has 1 saturated heterocycles. The molecule has 0 aromatic heterocycles. The zero-order valence-electron chi connectivity index (χ0n) is 14.4. The zero-order valence-corrected chi connectivity index (χ0v) is 14.4. The Kier molecular flexibility index (Phi) is 6.61. The van der Waals surface area contributed by atoms with E-state index < -0.39 is 5.97 Å². The van der Waals surface area contributed by atoms with Crippen LogP contribution in [0.15, 0.2) is 30.3 Å². The van der Waals surface area contributed by atoms with Crippen LogP contribution >= 0.6 is 0 Å². The van der Waals surface area contributed by atoms with E-state index in [0.29, 0.717) is 13.1 Å². The minimum atomic E-state index is -0.809. The molecule has 0 unspecified atom stereocenters. The zero-order chi connectivity index (χ0) is 17.5. The summed E-state index contributed by atoms with van der Waals surface area (Å²) in [5, 5.41) is 8.87. The molecule has 2 rings (SSSR count). The van der Waals surface area contributed by atoms with Gasteiger partial charge in [-0.2, -0.15) is 0 Å². The molecule has 1 aliphatic heterocycles. The van der Waals surface area contributed by atoms with E-state index in [-0.39, 0.29) is 31.3 Å². The van der Waals surface area contributed by atoms with Crippen LogP contribution in [-0.4, -0.2) is 58.7 Å². The van der Waals surface area contributed by atoms with E-state index in [9.17, 15) is 9.59 Å². The third-order valence-corrected chi connectivity index (χ3v) is 4.28. The van der Waals surface area contributed by atoms with Crippen molar-refractivity contribution in [3.63, 3.8) is 0 Å². The Morgan fingerprint density at radius 3 is 2.42 bits per heavy atom. The molecular weight excluding hydrogens is 308 g/mol. The van der Waals surface area contributed by atoms with Gasteiger partial charge in [-0.3, -0.25) is 9.69 Å². The van der Waals surface area contributed by atoms with Crippen LogP contribution in [0.5, 0.6) is 0 Å². The number of ether oxygens (including phenoxy) is 1. The number of nitrogens with zero attached hydrogens (tertiary/aromatic N) is 2. The van der Waals surface area contributed by atoms with Crippen LogP contribution in [0.4, 0.5) is 4.79 Å². The number of carbonyl (C=O) groups excluding carboxylic acids is 1. The van der Waals surface area contributed by atoms with Crippen LogP contribution < -0.4 is 0 Å². The number of hydrogen-bond donors (Lipinski definition) is 1. The van der Waals surface area contributed by atoms with Gasteiger partial charge in [0.15, 0.2) is 0 Å². The minimum Gasteiger partial charge on any atom is -0.480 e. The third-order valence-electron chi connectivity index (χ3n) is 4.28. The Bertz CT molecular complexity index is 539. The van der Waals surface area contributed by atoms with Crippen molar-refractivity contribution in [1.82, 2.24) is 9.80 Å². The molecule has 0 saturated carbocycles. The maximum atomic E-state index is 12.5. The highest BCUT2D eigenvalue weighted by Gasteiger charge is 2.31. The Morgan fingerprint density at radius 1 is 1.25 bits per heavy atom. The molecule has 6 nitrogen and oxygen atoms in total. The molecular formula is C18H26N2O4. The van der Waals surface area contributed by atoms with Crippen LogP contribution in [0, 0.1) is 0 Å². The van der Waals surface area contributed by atoms with Crippen molar-refractivity contribution in [2.24, 2.45) is 0 Å². The first-order chi connectivity index (χ1) is 11.5. The minimum absolute atomic E-state index is 0.0456. The fraction of sp³-hybridized carbons (Fsp3) is 0.556. The average molecular weight is 334 g/mol. The molecule has 0 bridgehead atoms. The normalized spacial score (nSPS) is 16.1. The van der Waals surface area contributed by atoms with Crippen molar-refractivity contribution in [3.8, 4) is 0 Å². The number of amides is 1. The summed E-state index contributed by atoms with van der Waals surface area (Å²) < 4.78 is 5.48. The van der Waals surface area contributed by atoms with Crippen molar-refractivity contribution in [1.29, 1.82) is 0 Å². The van der Waals surface area contributed by atoms with E-state index in [4.69, 9.17) is 9.84 Å². The van der Waals surface area contributed by atoms with Gasteiger partial charge in [0.05, 0.1) is 6.54 Å². The molecule has 24 heavy (non-hydrogen) atoms. The number of benzene rings is 1. The van der Waals surface area contributed by atoms with E-state index >= 15 is 0 Å². The quantitative estimate of drug-likeness (QED) is 0.866. The summed E-state index contributed by atoms with van der Waals surface area (Å²) >= 11 is 0. The van der Waals surface area contributed by atoms with Crippen LogP contribution in [0.25, 0.3) is 0 Å². The Hall–Kier alpha value is -2.08. The number of aliphatic carboxylic acids is 1. The molecule has 1 N–H and O–H groups in total. The fourth-order valence-electron chi connectivity index (χ4n) is 3.12. The predicted octanol–water partition coefficient (Wildman–Crippen LogP) is 2.58. The SMILES string of the molecule is CC(C)N(C(=O)OCc1ccccc1)C1CCN(CC(=O)O)CC1. The first kappa shape index (κ1) is 18.3. The average Bonchev–Trinajstić information content (AvgIpc) is 2.55. The lowest BCUT2D eigenvalue weighted by atomic mass is 10.0. The molecule has 0 atom stereocenters. The molecule has 132 valence electrons. The molecule has 1 amide bonds. The van der Waals surface area contributed by atoms with Gasteiger partial charge in [0.1, 0.15) is 6.61 Å². The van der Waals surface area contributed by atoms with Crippen LogP contribution in [0.1, 0.15) is 32.3 Å². The van der Waals surface area contributed by atoms with Gasteiger partial charge in [-0.05, 0) is 32.3 Å². The molecule has 1 aromatic carbocycles. The highest BCUT2D eigenvalue weighted by atomic mass is 16.6. The smallest absolute Gasteiger partial charge is 0.410 e. The second-order valence-corrected chi connectivity index (χ2v) is 6.44. The molecule has 6 heteroatoms. The molecule has 0 radical (unpaired) electrons. The summed E-state index contributed by atoms with van der Waals surface area (Å²) in [6, 6.07) is 9.76. The summed E-state index contributed by atoms with van der Waals surface area (Å²) in [4.78, 5) is 27.0. The van der Waals surface area contributed by atoms with Crippen molar-refractivity contribution in [2.45, 2.75) is 45.4 Å². The second kappa shape index (κ2) is 8.68. The van der Waals surface area contributed by atoms with Crippen molar-refractivity contribution >= 4 is 12.1 Å². The standard InChI is InChI=1S/C18H26N2O4/c1-14(2)20(16-8-10-19(11-9-16)12-17(21)22)18(23)24-13-15-6-4-3-5-7-15/h3-7,14,16H,8-13H2,1-2H3,(H,21,22). The fourth-order valence-corrected chi connectivity index (χ4v) is 3.12. The van der Waals surface area contributed by atoms with Gasteiger partial charge in [-0.1, -0.05) is 30.3 Å². The van der Waals surface area contributed by atoms with Gasteiger partial charge in [-0.15, -0.1) is 0 Å². The highest BCUT2D eigenvalue weighted by Crippen LogP contribution is 2.20. The summed E-state index contributed by atoms with van der Waals surface area (Å²) in [6.07, 6.45) is 1.24. The number of carbonyl (C=O) groups is 2. The summed E-state index contributed by atoms with van der Waals surface area (Å²) in [5.41, 5.74) is 0.964. The monoisotopic (exact) mass is 334 g/mol. The van der Waals surface area contributed by atoms with Gasteiger partial charge in [-0.25, -0.2) is 4.79 Å². The first-order valence-electron chi connectivity index (χ1n) is 8.40. The second-order valence-electron chi connectivity index (χ2n) is 6.44. The summed E-state index contributed by atoms with van der Waals surface area (Å²) in [6.45, 7) is 5.66. The summed E-state index contributed by atoms with van der Waals surface area (Å²) in [7, 11) is 0. The lowest BCUT2D eigenvalue weighted by Crippen LogP contribution is -2.51. The number of carboxylic acid groups (broad SMARTS) is 1. The largest absolute Gasteiger partial charge is 0.480 e. The highest BCUT2D eigenvalue weighted by molar-refractivity contribution is 5.69. The molecule has 0 spiro atoms. The maximum Gasteiger partial charge on any atom is 0.410 e. The van der Waals surface area contributed by atoms with E-state index in [2.05, 4.69) is 0 Å². The van der Waals surface area contributed by atoms with Gasteiger partial charge >= 0.3 is 12.1 Å². The Morgan fingerprint density at radius 2 is 1.88 bits per heavy atom. The van der Waals surface area contributed by atoms with E-state index in [0.717, 1.165) is 18.4 Å². The topological polar surface area (TPSA) is 70.1 Å². The first-order valence-corrected chi connectivity index (χ1v) is 8.40. The molecule has 1 aromatic rings. The van der Waals surface area contributed by atoms with Gasteiger partial charge in [0, 0.05) is 25.2 Å². The van der Waals surface area contributed by atoms with Crippen LogP contribution in [0.2, 0.25) is 0 Å². The van der Waals surface area contributed by atoms with E-state index in [1.165, 1.54) is 0 Å². The van der Waals surface area contributed by atoms with E-state index in [1.807, 2.05) is 49.1 Å². The van der Waals surface area contributed by atoms with Crippen LogP contribution in [-0.2, 0) is 16.1 Å². The summed E-state index contributed by atoms with van der Waals surface area (Å²) in [5.74, 6) is -0.809. The Labute approximate surface area is 143 Å². The van der Waals surface area contributed by atoms with Gasteiger partial charge in [0.25, 0.3) is 0 Å². The van der Waals surface area contributed by atoms with Crippen molar-refractivity contribution in [3.05, 3.63) is 35.9 Å². The number of likely N-dealkylation sites (tertiary alicyclic amines) is 1.